The number of nitrogens with zero attached hydrogens (tertiary/aromatic N) is 3. The van der Waals surface area contributed by atoms with Crippen LogP contribution in [0.25, 0.3) is 0 Å². The average Bonchev–Trinajstić information content (AvgIpc) is 3.11. The molecule has 0 radical (unpaired) electrons. The lowest BCUT2D eigenvalue weighted by molar-refractivity contribution is 0.424. The van der Waals surface area contributed by atoms with Crippen molar-refractivity contribution in [1.82, 2.24) is 4.31 Å². The zero-order chi connectivity index (χ0) is 13.5. The van der Waals surface area contributed by atoms with Crippen molar-refractivity contribution in [1.29, 1.82) is 0 Å². The van der Waals surface area contributed by atoms with Gasteiger partial charge in [0.15, 0.2) is 0 Å². The van der Waals surface area contributed by atoms with E-state index < -0.39 is 10.0 Å². The van der Waals surface area contributed by atoms with Crippen LogP contribution in [-0.4, -0.2) is 30.6 Å². The van der Waals surface area contributed by atoms with E-state index in [2.05, 4.69) is 24.7 Å². The van der Waals surface area contributed by atoms with Gasteiger partial charge in [-0.05, 0) is 25.0 Å². The molecule has 0 saturated heterocycles. The SMILES string of the molecule is O=S(=O)(c1cccc2c1N=S=N2)N(CCBr)C1CC1. The van der Waals surface area contributed by atoms with Crippen molar-refractivity contribution in [2.75, 3.05) is 11.9 Å². The van der Waals surface area contributed by atoms with Gasteiger partial charge in [0.1, 0.15) is 16.3 Å². The third-order valence-electron chi connectivity index (χ3n) is 3.09. The second-order valence-corrected chi connectivity index (χ2v) is 7.60. The molecular weight excluding hydrogens is 350 g/mol. The summed E-state index contributed by atoms with van der Waals surface area (Å²) in [6.45, 7) is 0.487. The summed E-state index contributed by atoms with van der Waals surface area (Å²) >= 11 is 4.36. The molecule has 0 amide bonds. The number of fused-ring (bicyclic) bond motifs is 1. The van der Waals surface area contributed by atoms with E-state index in [1.165, 1.54) is 0 Å². The summed E-state index contributed by atoms with van der Waals surface area (Å²) in [5, 5.41) is 0.633. The van der Waals surface area contributed by atoms with E-state index in [0.29, 0.717) is 23.2 Å². The molecular formula is C11H12BrN3O2S2. The zero-order valence-corrected chi connectivity index (χ0v) is 13.2. The number of hydrogen-bond acceptors (Lipinski definition) is 4. The number of rotatable bonds is 5. The van der Waals surface area contributed by atoms with Crippen molar-refractivity contribution in [2.45, 2.75) is 23.8 Å². The molecule has 1 aromatic carbocycles. The Bertz CT molecular complexity index is 679. The topological polar surface area (TPSA) is 62.1 Å². The highest BCUT2D eigenvalue weighted by Gasteiger charge is 2.39. The molecule has 3 rings (SSSR count). The maximum atomic E-state index is 12.8. The molecule has 0 spiro atoms. The predicted octanol–water partition coefficient (Wildman–Crippen LogP) is 2.96. The van der Waals surface area contributed by atoms with Crippen molar-refractivity contribution in [3.8, 4) is 0 Å². The quantitative estimate of drug-likeness (QED) is 0.768. The van der Waals surface area contributed by atoms with E-state index in [1.807, 2.05) is 0 Å². The number of alkyl halides is 1. The Morgan fingerprint density at radius 1 is 1.37 bits per heavy atom. The van der Waals surface area contributed by atoms with Gasteiger partial charge in [-0.1, -0.05) is 22.0 Å². The van der Waals surface area contributed by atoms with Gasteiger partial charge in [-0.25, -0.2) is 8.42 Å². The summed E-state index contributed by atoms with van der Waals surface area (Å²) in [7, 11) is -3.49. The van der Waals surface area contributed by atoms with Crippen molar-refractivity contribution >= 4 is 48.7 Å². The molecule has 0 unspecified atom stereocenters. The summed E-state index contributed by atoms with van der Waals surface area (Å²) in [5.74, 6) is 0. The summed E-state index contributed by atoms with van der Waals surface area (Å²) in [6.07, 6.45) is 1.88. The smallest absolute Gasteiger partial charge is 0.207 e. The molecule has 0 bridgehead atoms. The van der Waals surface area contributed by atoms with Gasteiger partial charge in [0.2, 0.25) is 10.0 Å². The van der Waals surface area contributed by atoms with Crippen LogP contribution in [-0.2, 0) is 21.4 Å². The normalized spacial score (nSPS) is 17.6. The molecule has 1 aliphatic heterocycles. The first-order valence-corrected chi connectivity index (χ1v) is 9.23. The molecule has 19 heavy (non-hydrogen) atoms. The summed E-state index contributed by atoms with van der Waals surface area (Å²) in [5.41, 5.74) is 1.12. The minimum absolute atomic E-state index is 0.143. The van der Waals surface area contributed by atoms with Gasteiger partial charge in [0, 0.05) is 17.9 Å². The van der Waals surface area contributed by atoms with Crippen LogP contribution in [0.4, 0.5) is 11.4 Å². The van der Waals surface area contributed by atoms with Gasteiger partial charge in [-0.3, -0.25) is 0 Å². The maximum absolute atomic E-state index is 12.8. The van der Waals surface area contributed by atoms with Gasteiger partial charge in [0.05, 0.1) is 11.4 Å². The van der Waals surface area contributed by atoms with Crippen LogP contribution >= 0.6 is 15.9 Å². The maximum Gasteiger partial charge on any atom is 0.245 e. The Labute approximate surface area is 124 Å². The molecule has 8 heteroatoms. The van der Waals surface area contributed by atoms with E-state index >= 15 is 0 Å². The molecule has 0 atom stereocenters. The van der Waals surface area contributed by atoms with E-state index in [0.717, 1.165) is 24.2 Å². The predicted molar refractivity (Wildman–Crippen MR) is 78.7 cm³/mol. The van der Waals surface area contributed by atoms with Crippen LogP contribution in [0, 0.1) is 0 Å². The Balaban J connectivity index is 2.05. The Kier molecular flexibility index (Phi) is 3.59. The Morgan fingerprint density at radius 3 is 2.84 bits per heavy atom. The van der Waals surface area contributed by atoms with Crippen molar-refractivity contribution in [3.63, 3.8) is 0 Å². The molecule has 1 heterocycles. The summed E-state index contributed by atoms with van der Waals surface area (Å²) < 4.78 is 35.3. The minimum atomic E-state index is -3.49. The van der Waals surface area contributed by atoms with Gasteiger partial charge in [-0.2, -0.15) is 13.0 Å². The highest BCUT2D eigenvalue weighted by atomic mass is 79.9. The lowest BCUT2D eigenvalue weighted by Gasteiger charge is -2.21. The molecule has 1 aliphatic carbocycles. The molecule has 0 aromatic heterocycles. The zero-order valence-electron chi connectivity index (χ0n) is 9.99. The molecule has 0 N–H and O–H groups in total. The van der Waals surface area contributed by atoms with Crippen LogP contribution in [0.15, 0.2) is 31.8 Å². The summed E-state index contributed by atoms with van der Waals surface area (Å²) in [4.78, 5) is 0.270. The first-order valence-electron chi connectivity index (χ1n) is 5.93. The van der Waals surface area contributed by atoms with Crippen LogP contribution in [0.3, 0.4) is 0 Å². The van der Waals surface area contributed by atoms with E-state index in [9.17, 15) is 8.42 Å². The van der Waals surface area contributed by atoms with Crippen LogP contribution in [0.1, 0.15) is 12.8 Å². The number of sulfonamides is 1. The fourth-order valence-corrected chi connectivity index (χ4v) is 5.12. The fourth-order valence-electron chi connectivity index (χ4n) is 2.06. The van der Waals surface area contributed by atoms with Crippen LogP contribution in [0.2, 0.25) is 0 Å². The largest absolute Gasteiger partial charge is 0.245 e. The number of hydrogen-bond donors (Lipinski definition) is 0. The van der Waals surface area contributed by atoms with Crippen molar-refractivity contribution in [2.24, 2.45) is 8.73 Å². The Morgan fingerprint density at radius 2 is 2.16 bits per heavy atom. The fraction of sp³-hybridized carbons (Fsp3) is 0.455. The van der Waals surface area contributed by atoms with E-state index in [4.69, 9.17) is 0 Å². The Hall–Kier alpha value is -0.570. The molecule has 1 saturated carbocycles. The minimum Gasteiger partial charge on any atom is -0.207 e. The monoisotopic (exact) mass is 361 g/mol. The highest BCUT2D eigenvalue weighted by Crippen LogP contribution is 2.40. The van der Waals surface area contributed by atoms with Crippen molar-refractivity contribution in [3.05, 3.63) is 18.2 Å². The van der Waals surface area contributed by atoms with Gasteiger partial charge >= 0.3 is 0 Å². The van der Waals surface area contributed by atoms with Crippen LogP contribution < -0.4 is 0 Å². The van der Waals surface area contributed by atoms with E-state index in [-0.39, 0.29) is 10.9 Å². The average molecular weight is 362 g/mol. The first kappa shape index (κ1) is 13.4. The standard InChI is InChI=1S/C11H12BrN3O2S2/c12-6-7-15(8-4-5-8)19(16,17)10-3-1-2-9-11(10)14-18-13-9/h1-3,8H,4-7H2. The highest BCUT2D eigenvalue weighted by molar-refractivity contribution is 9.09. The van der Waals surface area contributed by atoms with Gasteiger partial charge in [0.25, 0.3) is 0 Å². The molecule has 5 nitrogen and oxygen atoms in total. The van der Waals surface area contributed by atoms with Gasteiger partial charge < -0.3 is 0 Å². The van der Waals surface area contributed by atoms with Crippen molar-refractivity contribution < 1.29 is 8.42 Å². The van der Waals surface area contributed by atoms with Gasteiger partial charge in [-0.15, -0.1) is 0 Å². The lowest BCUT2D eigenvalue weighted by Crippen LogP contribution is -2.34. The molecule has 102 valence electrons. The first-order chi connectivity index (χ1) is 9.14. The molecule has 1 fully saturated rings. The van der Waals surface area contributed by atoms with Crippen LogP contribution in [0.5, 0.6) is 0 Å². The second kappa shape index (κ2) is 5.08. The third kappa shape index (κ3) is 2.42. The lowest BCUT2D eigenvalue weighted by atomic mass is 10.3. The number of benzene rings is 1. The molecule has 2 aliphatic rings. The summed E-state index contributed by atoms with van der Waals surface area (Å²) in [6, 6.07) is 5.26. The third-order valence-corrected chi connectivity index (χ3v) is 5.98. The second-order valence-electron chi connectivity index (χ2n) is 4.42. The molecule has 1 aromatic rings. The van der Waals surface area contributed by atoms with E-state index in [1.54, 1.807) is 22.5 Å². The number of halogens is 1.